The number of aryl methyl sites for hydroxylation is 1. The van der Waals surface area contributed by atoms with Gasteiger partial charge >= 0.3 is 0 Å². The molecule has 1 heterocycles. The Morgan fingerprint density at radius 3 is 3.17 bits per heavy atom. The lowest BCUT2D eigenvalue weighted by atomic mass is 10.2. The predicted octanol–water partition coefficient (Wildman–Crippen LogP) is 0.899. The average Bonchev–Trinajstić information content (AvgIpc) is 2.03. The standard InChI is InChI=1S/C7H7N2O3/c1-6-7(3-2-4-8-6)5-12-9(10)11/h2,4H,5H2,1H3. The molecule has 0 saturated carbocycles. The van der Waals surface area contributed by atoms with Crippen molar-refractivity contribution in [1.29, 1.82) is 0 Å². The lowest BCUT2D eigenvalue weighted by molar-refractivity contribution is -0.763. The molecule has 1 radical (unpaired) electrons. The van der Waals surface area contributed by atoms with Crippen LogP contribution in [0, 0.1) is 23.1 Å². The molecule has 0 aliphatic carbocycles. The summed E-state index contributed by atoms with van der Waals surface area (Å²) in [6.07, 6.45) is 1.57. The highest BCUT2D eigenvalue weighted by Gasteiger charge is 2.00. The molecule has 0 bridgehead atoms. The number of pyridine rings is 1. The Bertz CT molecular complexity index is 288. The molecular weight excluding hydrogens is 160 g/mol. The van der Waals surface area contributed by atoms with E-state index >= 15 is 0 Å². The van der Waals surface area contributed by atoms with Gasteiger partial charge < -0.3 is 4.84 Å². The van der Waals surface area contributed by atoms with Crippen LogP contribution in [0.5, 0.6) is 0 Å². The fraction of sp³-hybridized carbons (Fsp3) is 0.286. The van der Waals surface area contributed by atoms with E-state index in [-0.39, 0.29) is 6.61 Å². The van der Waals surface area contributed by atoms with Crippen LogP contribution in [-0.4, -0.2) is 10.1 Å². The van der Waals surface area contributed by atoms with Crippen molar-refractivity contribution in [2.24, 2.45) is 0 Å². The van der Waals surface area contributed by atoms with Crippen LogP contribution in [0.4, 0.5) is 0 Å². The minimum absolute atomic E-state index is 0.0906. The van der Waals surface area contributed by atoms with Crippen LogP contribution in [0.2, 0.25) is 0 Å². The van der Waals surface area contributed by atoms with Crippen molar-refractivity contribution in [3.05, 3.63) is 39.7 Å². The predicted molar refractivity (Wildman–Crippen MR) is 39.6 cm³/mol. The highest BCUT2D eigenvalue weighted by Crippen LogP contribution is 2.03. The van der Waals surface area contributed by atoms with Crippen molar-refractivity contribution in [2.75, 3.05) is 0 Å². The molecular formula is C7H7N2O3. The first-order chi connectivity index (χ1) is 5.70. The van der Waals surface area contributed by atoms with Crippen LogP contribution >= 0.6 is 0 Å². The SMILES string of the molecule is Cc1ncc[c]c1CO[N+](=O)[O-]. The molecule has 0 aliphatic rings. The van der Waals surface area contributed by atoms with Gasteiger partial charge in [-0.15, -0.1) is 10.1 Å². The van der Waals surface area contributed by atoms with Crippen molar-refractivity contribution in [1.82, 2.24) is 4.98 Å². The van der Waals surface area contributed by atoms with E-state index in [9.17, 15) is 10.1 Å². The number of hydrogen-bond acceptors (Lipinski definition) is 4. The van der Waals surface area contributed by atoms with Crippen LogP contribution in [-0.2, 0) is 11.4 Å². The Morgan fingerprint density at radius 2 is 2.58 bits per heavy atom. The summed E-state index contributed by atoms with van der Waals surface area (Å²) in [6, 6.07) is 4.39. The molecule has 0 N–H and O–H groups in total. The molecule has 63 valence electrons. The van der Waals surface area contributed by atoms with E-state index in [0.29, 0.717) is 11.3 Å². The minimum atomic E-state index is -0.833. The second kappa shape index (κ2) is 3.66. The number of nitrogens with zero attached hydrogens (tertiary/aromatic N) is 2. The van der Waals surface area contributed by atoms with Gasteiger partial charge in [0.05, 0.1) is 0 Å². The molecule has 1 aromatic heterocycles. The Balaban J connectivity index is 2.63. The fourth-order valence-corrected chi connectivity index (χ4v) is 0.733. The maximum atomic E-state index is 9.83. The highest BCUT2D eigenvalue weighted by atomic mass is 16.9. The molecule has 1 aromatic rings. The number of hydrogen-bond donors (Lipinski definition) is 0. The summed E-state index contributed by atoms with van der Waals surface area (Å²) in [5, 5.41) is 9.00. The highest BCUT2D eigenvalue weighted by molar-refractivity contribution is 5.15. The Hall–Kier alpha value is -1.65. The first-order valence-electron chi connectivity index (χ1n) is 3.29. The summed E-state index contributed by atoms with van der Waals surface area (Å²) in [7, 11) is 0. The smallest absolute Gasteiger partial charge is 0.294 e. The topological polar surface area (TPSA) is 65.3 Å². The van der Waals surface area contributed by atoms with E-state index in [1.54, 1.807) is 19.2 Å². The molecule has 0 unspecified atom stereocenters. The number of rotatable bonds is 3. The average molecular weight is 167 g/mol. The van der Waals surface area contributed by atoms with Crippen LogP contribution in [0.1, 0.15) is 11.3 Å². The normalized spacial score (nSPS) is 9.42. The summed E-state index contributed by atoms with van der Waals surface area (Å²) in [4.78, 5) is 17.9. The summed E-state index contributed by atoms with van der Waals surface area (Å²) in [5.74, 6) is 0. The third kappa shape index (κ3) is 2.19. The first-order valence-corrected chi connectivity index (χ1v) is 3.29. The van der Waals surface area contributed by atoms with Gasteiger partial charge in [0.15, 0.2) is 0 Å². The summed E-state index contributed by atoms with van der Waals surface area (Å²) >= 11 is 0. The Kier molecular flexibility index (Phi) is 2.57. The monoisotopic (exact) mass is 167 g/mol. The molecule has 0 amide bonds. The quantitative estimate of drug-likeness (QED) is 0.495. The molecule has 5 nitrogen and oxygen atoms in total. The Labute approximate surface area is 69.1 Å². The zero-order valence-electron chi connectivity index (χ0n) is 6.48. The van der Waals surface area contributed by atoms with E-state index in [4.69, 9.17) is 0 Å². The lowest BCUT2D eigenvalue weighted by Crippen LogP contribution is -2.02. The van der Waals surface area contributed by atoms with Gasteiger partial charge in [-0.05, 0) is 19.1 Å². The Morgan fingerprint density at radius 1 is 1.83 bits per heavy atom. The lowest BCUT2D eigenvalue weighted by Gasteiger charge is -2.00. The third-order valence-electron chi connectivity index (χ3n) is 1.35. The van der Waals surface area contributed by atoms with Crippen molar-refractivity contribution in [2.45, 2.75) is 13.5 Å². The largest absolute Gasteiger partial charge is 0.309 e. The van der Waals surface area contributed by atoms with Gasteiger partial charge in [0, 0.05) is 17.5 Å². The molecule has 0 spiro atoms. The van der Waals surface area contributed by atoms with Crippen molar-refractivity contribution in [3.63, 3.8) is 0 Å². The summed E-state index contributed by atoms with van der Waals surface area (Å²) in [6.45, 7) is 1.65. The summed E-state index contributed by atoms with van der Waals surface area (Å²) < 4.78 is 0. The second-order valence-electron chi connectivity index (χ2n) is 2.15. The maximum Gasteiger partial charge on any atom is 0.294 e. The maximum absolute atomic E-state index is 9.83. The zero-order chi connectivity index (χ0) is 8.97. The van der Waals surface area contributed by atoms with Gasteiger partial charge in [-0.2, -0.15) is 0 Å². The minimum Gasteiger partial charge on any atom is -0.309 e. The molecule has 0 saturated heterocycles. The molecule has 0 fully saturated rings. The van der Waals surface area contributed by atoms with Crippen molar-refractivity contribution >= 4 is 0 Å². The molecule has 0 aliphatic heterocycles. The molecule has 1 rings (SSSR count). The first kappa shape index (κ1) is 8.45. The van der Waals surface area contributed by atoms with E-state index in [1.807, 2.05) is 0 Å². The van der Waals surface area contributed by atoms with E-state index < -0.39 is 5.09 Å². The molecule has 0 aromatic carbocycles. The van der Waals surface area contributed by atoms with Gasteiger partial charge in [-0.25, -0.2) is 0 Å². The number of aromatic nitrogens is 1. The third-order valence-corrected chi connectivity index (χ3v) is 1.35. The van der Waals surface area contributed by atoms with Gasteiger partial charge in [0.2, 0.25) is 0 Å². The molecule has 12 heavy (non-hydrogen) atoms. The van der Waals surface area contributed by atoms with E-state index in [0.717, 1.165) is 0 Å². The van der Waals surface area contributed by atoms with Crippen LogP contribution < -0.4 is 0 Å². The van der Waals surface area contributed by atoms with E-state index in [2.05, 4.69) is 15.9 Å². The van der Waals surface area contributed by atoms with Gasteiger partial charge in [-0.1, -0.05) is 0 Å². The van der Waals surface area contributed by atoms with Crippen molar-refractivity contribution < 1.29 is 9.92 Å². The summed E-state index contributed by atoms with van der Waals surface area (Å²) in [5.41, 5.74) is 1.30. The second-order valence-corrected chi connectivity index (χ2v) is 2.15. The van der Waals surface area contributed by atoms with Crippen LogP contribution in [0.15, 0.2) is 12.3 Å². The van der Waals surface area contributed by atoms with E-state index in [1.165, 1.54) is 0 Å². The van der Waals surface area contributed by atoms with Crippen LogP contribution in [0.25, 0.3) is 0 Å². The molecule has 0 atom stereocenters. The zero-order valence-corrected chi connectivity index (χ0v) is 6.48. The fourth-order valence-electron chi connectivity index (χ4n) is 0.733. The van der Waals surface area contributed by atoms with Crippen molar-refractivity contribution in [3.8, 4) is 0 Å². The molecule has 5 heteroatoms. The van der Waals surface area contributed by atoms with Gasteiger partial charge in [0.25, 0.3) is 5.09 Å². The van der Waals surface area contributed by atoms with Gasteiger partial charge in [0.1, 0.15) is 6.61 Å². The van der Waals surface area contributed by atoms with Gasteiger partial charge in [-0.3, -0.25) is 4.98 Å². The van der Waals surface area contributed by atoms with Crippen LogP contribution in [0.3, 0.4) is 0 Å².